The molecule has 2 aromatic rings. The van der Waals surface area contributed by atoms with Crippen LogP contribution in [-0.2, 0) is 4.79 Å². The lowest BCUT2D eigenvalue weighted by atomic mass is 10.1. The molecule has 1 saturated heterocycles. The van der Waals surface area contributed by atoms with Crippen LogP contribution in [0.15, 0.2) is 29.0 Å². The Labute approximate surface area is 146 Å². The van der Waals surface area contributed by atoms with E-state index >= 15 is 0 Å². The minimum atomic E-state index is -0.00605. The Morgan fingerprint density at radius 2 is 1.76 bits per heavy atom. The summed E-state index contributed by atoms with van der Waals surface area (Å²) in [5.41, 5.74) is 1.99. The molecule has 6 heteroatoms. The van der Waals surface area contributed by atoms with Crippen molar-refractivity contribution in [2.45, 2.75) is 32.1 Å². The topological polar surface area (TPSA) is 66.7 Å². The van der Waals surface area contributed by atoms with E-state index in [0.29, 0.717) is 30.8 Å². The first kappa shape index (κ1) is 16.1. The zero-order chi connectivity index (χ0) is 17.2. The molecule has 2 fully saturated rings. The molecule has 1 aromatic carbocycles. The predicted octanol–water partition coefficient (Wildman–Crippen LogP) is 2.69. The van der Waals surface area contributed by atoms with E-state index in [2.05, 4.69) is 4.98 Å². The van der Waals surface area contributed by atoms with Crippen LogP contribution in [0.1, 0.15) is 42.5 Å². The quantitative estimate of drug-likeness (QED) is 0.842. The second kappa shape index (κ2) is 6.86. The summed E-state index contributed by atoms with van der Waals surface area (Å²) in [5, 5.41) is 0. The van der Waals surface area contributed by atoms with Crippen LogP contribution in [0.25, 0.3) is 11.1 Å². The molecule has 132 valence electrons. The molecule has 0 N–H and O–H groups in total. The summed E-state index contributed by atoms with van der Waals surface area (Å²) in [7, 11) is 0. The number of aromatic nitrogens is 1. The average Bonchev–Trinajstić information content (AvgIpc) is 3.27. The van der Waals surface area contributed by atoms with Gasteiger partial charge in [0.1, 0.15) is 5.52 Å². The maximum absolute atomic E-state index is 12.8. The van der Waals surface area contributed by atoms with Crippen molar-refractivity contribution in [1.29, 1.82) is 0 Å². The van der Waals surface area contributed by atoms with E-state index in [-0.39, 0.29) is 17.7 Å². The van der Waals surface area contributed by atoms with Gasteiger partial charge in [0.05, 0.1) is 0 Å². The summed E-state index contributed by atoms with van der Waals surface area (Å²) >= 11 is 0. The highest BCUT2D eigenvalue weighted by Crippen LogP contribution is 2.27. The van der Waals surface area contributed by atoms with E-state index in [1.807, 2.05) is 9.80 Å². The zero-order valence-corrected chi connectivity index (χ0v) is 14.3. The van der Waals surface area contributed by atoms with Gasteiger partial charge in [0, 0.05) is 37.7 Å². The lowest BCUT2D eigenvalue weighted by Gasteiger charge is -2.24. The van der Waals surface area contributed by atoms with Gasteiger partial charge in [-0.25, -0.2) is 4.98 Å². The van der Waals surface area contributed by atoms with Gasteiger partial charge in [0.25, 0.3) is 5.91 Å². The second-order valence-electron chi connectivity index (χ2n) is 6.99. The summed E-state index contributed by atoms with van der Waals surface area (Å²) in [6.45, 7) is 2.65. The van der Waals surface area contributed by atoms with Crippen LogP contribution in [0.5, 0.6) is 0 Å². The van der Waals surface area contributed by atoms with Crippen molar-refractivity contribution in [3.8, 4) is 0 Å². The van der Waals surface area contributed by atoms with E-state index in [1.165, 1.54) is 19.2 Å². The van der Waals surface area contributed by atoms with Crippen molar-refractivity contribution in [2.24, 2.45) is 5.92 Å². The van der Waals surface area contributed by atoms with Gasteiger partial charge >= 0.3 is 0 Å². The smallest absolute Gasteiger partial charge is 0.254 e. The molecule has 1 saturated carbocycles. The van der Waals surface area contributed by atoms with Crippen LogP contribution < -0.4 is 0 Å². The predicted molar refractivity (Wildman–Crippen MR) is 93.1 cm³/mol. The fourth-order valence-electron chi connectivity index (χ4n) is 3.94. The van der Waals surface area contributed by atoms with Gasteiger partial charge in [-0.3, -0.25) is 9.59 Å². The van der Waals surface area contributed by atoms with Crippen LogP contribution in [0, 0.1) is 5.92 Å². The van der Waals surface area contributed by atoms with Crippen LogP contribution in [-0.4, -0.2) is 52.8 Å². The molecule has 2 amide bonds. The largest absolute Gasteiger partial charge is 0.443 e. The first-order valence-corrected chi connectivity index (χ1v) is 9.14. The summed E-state index contributed by atoms with van der Waals surface area (Å²) in [4.78, 5) is 33.3. The van der Waals surface area contributed by atoms with Crippen molar-refractivity contribution in [3.05, 3.63) is 30.2 Å². The zero-order valence-electron chi connectivity index (χ0n) is 14.3. The van der Waals surface area contributed by atoms with E-state index in [9.17, 15) is 9.59 Å². The van der Waals surface area contributed by atoms with Crippen LogP contribution in [0.3, 0.4) is 0 Å². The van der Waals surface area contributed by atoms with E-state index in [0.717, 1.165) is 31.3 Å². The minimum absolute atomic E-state index is 0.00605. The maximum Gasteiger partial charge on any atom is 0.254 e. The van der Waals surface area contributed by atoms with Crippen molar-refractivity contribution in [3.63, 3.8) is 0 Å². The number of oxazole rings is 1. The third kappa shape index (κ3) is 3.25. The molecule has 2 heterocycles. The number of nitrogens with zero attached hydrogens (tertiary/aromatic N) is 3. The molecule has 6 nitrogen and oxygen atoms in total. The molecule has 2 aliphatic rings. The molecule has 0 bridgehead atoms. The van der Waals surface area contributed by atoms with Crippen molar-refractivity contribution in [2.75, 3.05) is 26.2 Å². The molecule has 1 aliphatic heterocycles. The normalized spacial score (nSPS) is 19.4. The third-order valence-corrected chi connectivity index (χ3v) is 5.38. The van der Waals surface area contributed by atoms with E-state index in [1.54, 1.807) is 18.2 Å². The lowest BCUT2D eigenvalue weighted by molar-refractivity contribution is -0.135. The van der Waals surface area contributed by atoms with Gasteiger partial charge in [-0.05, 0) is 37.5 Å². The van der Waals surface area contributed by atoms with Crippen LogP contribution in [0.2, 0.25) is 0 Å². The fourth-order valence-corrected chi connectivity index (χ4v) is 3.94. The molecule has 0 radical (unpaired) electrons. The second-order valence-corrected chi connectivity index (χ2v) is 6.99. The number of hydrogen-bond donors (Lipinski definition) is 0. The van der Waals surface area contributed by atoms with Gasteiger partial charge < -0.3 is 14.2 Å². The number of hydrogen-bond acceptors (Lipinski definition) is 4. The number of amides is 2. The number of benzene rings is 1. The van der Waals surface area contributed by atoms with Gasteiger partial charge in [-0.1, -0.05) is 12.8 Å². The standard InChI is InChI=1S/C19H23N3O3/c23-18(14-4-1-2-5-14)21-8-3-9-22(11-10-21)19(24)15-6-7-16-17(12-15)25-13-20-16/h6-7,12-14H,1-5,8-11H2. The third-order valence-electron chi connectivity index (χ3n) is 5.38. The number of carbonyl (C=O) groups excluding carboxylic acids is 2. The van der Waals surface area contributed by atoms with E-state index in [4.69, 9.17) is 4.42 Å². The summed E-state index contributed by atoms with van der Waals surface area (Å²) in [5.74, 6) is 0.486. The number of rotatable bonds is 2. The first-order valence-electron chi connectivity index (χ1n) is 9.14. The Kier molecular flexibility index (Phi) is 4.42. The summed E-state index contributed by atoms with van der Waals surface area (Å²) in [6, 6.07) is 5.34. The van der Waals surface area contributed by atoms with Crippen molar-refractivity contribution >= 4 is 22.9 Å². The molecular weight excluding hydrogens is 318 g/mol. The number of carbonyl (C=O) groups is 2. The average molecular weight is 341 g/mol. The Morgan fingerprint density at radius 1 is 1.00 bits per heavy atom. The maximum atomic E-state index is 12.8. The highest BCUT2D eigenvalue weighted by molar-refractivity contribution is 5.97. The Morgan fingerprint density at radius 3 is 2.60 bits per heavy atom. The lowest BCUT2D eigenvalue weighted by Crippen LogP contribution is -2.39. The summed E-state index contributed by atoms with van der Waals surface area (Å²) in [6.07, 6.45) is 6.59. The molecule has 25 heavy (non-hydrogen) atoms. The summed E-state index contributed by atoms with van der Waals surface area (Å²) < 4.78 is 5.29. The monoisotopic (exact) mass is 341 g/mol. The highest BCUT2D eigenvalue weighted by Gasteiger charge is 2.29. The van der Waals surface area contributed by atoms with Crippen molar-refractivity contribution < 1.29 is 14.0 Å². The Balaban J connectivity index is 1.42. The van der Waals surface area contributed by atoms with Crippen LogP contribution >= 0.6 is 0 Å². The first-order chi connectivity index (χ1) is 12.2. The van der Waals surface area contributed by atoms with Gasteiger partial charge in [0.15, 0.2) is 12.0 Å². The molecule has 0 unspecified atom stereocenters. The molecule has 0 spiro atoms. The minimum Gasteiger partial charge on any atom is -0.443 e. The number of fused-ring (bicyclic) bond motifs is 1. The van der Waals surface area contributed by atoms with E-state index < -0.39 is 0 Å². The van der Waals surface area contributed by atoms with Gasteiger partial charge in [-0.15, -0.1) is 0 Å². The van der Waals surface area contributed by atoms with Gasteiger partial charge in [-0.2, -0.15) is 0 Å². The Hall–Kier alpha value is -2.37. The van der Waals surface area contributed by atoms with Crippen molar-refractivity contribution in [1.82, 2.24) is 14.8 Å². The Bertz CT molecular complexity index is 779. The molecule has 1 aliphatic carbocycles. The van der Waals surface area contributed by atoms with Crippen LogP contribution in [0.4, 0.5) is 0 Å². The molecule has 4 rings (SSSR count). The van der Waals surface area contributed by atoms with Gasteiger partial charge in [0.2, 0.25) is 5.91 Å². The SMILES string of the molecule is O=C(c1ccc2ncoc2c1)N1CCCN(C(=O)C2CCCC2)CC1. The molecule has 0 atom stereocenters. The highest BCUT2D eigenvalue weighted by atomic mass is 16.3. The molecule has 1 aromatic heterocycles. The molecular formula is C19H23N3O3. The fraction of sp³-hybridized carbons (Fsp3) is 0.526.